The molecular formula is C23H28N2O4. The summed E-state index contributed by atoms with van der Waals surface area (Å²) >= 11 is 0. The largest absolute Gasteiger partial charge is 0.492 e. The number of aryl methyl sites for hydroxylation is 1. The standard InChI is InChI=1S/C23H28N2O4/c1-4-28-23(27)14-11-19-9-12-20(13-10-19)24-22(26)17-25(3)15-16-29-21-8-6-5-7-18(21)2/h5-14H,4,15-17H2,1-3H3,(H,24,26)/b14-11+. The molecule has 0 aliphatic heterocycles. The fourth-order valence-electron chi connectivity index (χ4n) is 2.59. The lowest BCUT2D eigenvalue weighted by Crippen LogP contribution is -2.33. The van der Waals surface area contributed by atoms with E-state index in [1.807, 2.05) is 55.3 Å². The van der Waals surface area contributed by atoms with Crippen molar-refractivity contribution in [1.29, 1.82) is 0 Å². The van der Waals surface area contributed by atoms with Crippen LogP contribution in [0.3, 0.4) is 0 Å². The second-order valence-corrected chi connectivity index (χ2v) is 6.61. The molecule has 6 nitrogen and oxygen atoms in total. The van der Waals surface area contributed by atoms with Gasteiger partial charge in [-0.3, -0.25) is 9.69 Å². The van der Waals surface area contributed by atoms with E-state index in [-0.39, 0.29) is 18.4 Å². The van der Waals surface area contributed by atoms with Crippen LogP contribution in [0.15, 0.2) is 54.6 Å². The van der Waals surface area contributed by atoms with Crippen molar-refractivity contribution >= 4 is 23.6 Å². The number of carbonyl (C=O) groups is 2. The van der Waals surface area contributed by atoms with Gasteiger partial charge in [-0.2, -0.15) is 0 Å². The summed E-state index contributed by atoms with van der Waals surface area (Å²) in [6.45, 7) is 5.53. The van der Waals surface area contributed by atoms with E-state index in [4.69, 9.17) is 9.47 Å². The lowest BCUT2D eigenvalue weighted by atomic mass is 10.2. The molecule has 0 heterocycles. The number of esters is 1. The topological polar surface area (TPSA) is 67.9 Å². The molecule has 0 saturated carbocycles. The van der Waals surface area contributed by atoms with E-state index in [1.54, 1.807) is 25.1 Å². The van der Waals surface area contributed by atoms with Gasteiger partial charge in [0.15, 0.2) is 0 Å². The number of anilines is 1. The van der Waals surface area contributed by atoms with Crippen LogP contribution in [-0.4, -0.2) is 50.1 Å². The number of rotatable bonds is 10. The maximum Gasteiger partial charge on any atom is 0.330 e. The molecular weight excluding hydrogens is 368 g/mol. The summed E-state index contributed by atoms with van der Waals surface area (Å²) in [5, 5.41) is 2.87. The molecule has 0 spiro atoms. The van der Waals surface area contributed by atoms with E-state index in [1.165, 1.54) is 6.08 Å². The second-order valence-electron chi connectivity index (χ2n) is 6.61. The number of likely N-dealkylation sites (N-methyl/N-ethyl adjacent to an activating group) is 1. The number of ether oxygens (including phenoxy) is 2. The molecule has 0 aromatic heterocycles. The Kier molecular flexibility index (Phi) is 8.92. The highest BCUT2D eigenvalue weighted by atomic mass is 16.5. The average molecular weight is 396 g/mol. The summed E-state index contributed by atoms with van der Waals surface area (Å²) in [7, 11) is 1.88. The zero-order chi connectivity index (χ0) is 21.1. The lowest BCUT2D eigenvalue weighted by Gasteiger charge is -2.17. The van der Waals surface area contributed by atoms with Gasteiger partial charge in [0, 0.05) is 18.3 Å². The lowest BCUT2D eigenvalue weighted by molar-refractivity contribution is -0.137. The molecule has 29 heavy (non-hydrogen) atoms. The van der Waals surface area contributed by atoms with Crippen molar-refractivity contribution in [1.82, 2.24) is 4.90 Å². The van der Waals surface area contributed by atoms with Crippen LogP contribution in [0.1, 0.15) is 18.1 Å². The predicted molar refractivity (Wildman–Crippen MR) is 115 cm³/mol. The predicted octanol–water partition coefficient (Wildman–Crippen LogP) is 3.52. The van der Waals surface area contributed by atoms with Crippen LogP contribution in [0, 0.1) is 6.92 Å². The first-order chi connectivity index (χ1) is 14.0. The third-order valence-corrected chi connectivity index (χ3v) is 4.13. The fourth-order valence-corrected chi connectivity index (χ4v) is 2.59. The maximum atomic E-state index is 12.2. The van der Waals surface area contributed by atoms with Crippen LogP contribution in [0.25, 0.3) is 6.08 Å². The van der Waals surface area contributed by atoms with Crippen LogP contribution < -0.4 is 10.1 Å². The smallest absolute Gasteiger partial charge is 0.330 e. The minimum absolute atomic E-state index is 0.0989. The number of para-hydroxylation sites is 1. The van der Waals surface area contributed by atoms with Gasteiger partial charge in [-0.15, -0.1) is 0 Å². The van der Waals surface area contributed by atoms with E-state index in [0.717, 1.165) is 16.9 Å². The third-order valence-electron chi connectivity index (χ3n) is 4.13. The van der Waals surface area contributed by atoms with Crippen molar-refractivity contribution in [2.45, 2.75) is 13.8 Å². The average Bonchev–Trinajstić information content (AvgIpc) is 2.69. The number of benzene rings is 2. The molecule has 0 saturated heterocycles. The molecule has 1 amide bonds. The molecule has 2 rings (SSSR count). The first-order valence-electron chi connectivity index (χ1n) is 9.59. The van der Waals surface area contributed by atoms with E-state index in [0.29, 0.717) is 25.4 Å². The normalized spacial score (nSPS) is 10.9. The number of hydrogen-bond donors (Lipinski definition) is 1. The molecule has 154 valence electrons. The van der Waals surface area contributed by atoms with Crippen LogP contribution in [0.5, 0.6) is 5.75 Å². The van der Waals surface area contributed by atoms with Crippen molar-refractivity contribution in [3.05, 3.63) is 65.7 Å². The number of carbonyl (C=O) groups excluding carboxylic acids is 2. The monoisotopic (exact) mass is 396 g/mol. The second kappa shape index (κ2) is 11.7. The van der Waals surface area contributed by atoms with Crippen molar-refractivity contribution in [3.63, 3.8) is 0 Å². The van der Waals surface area contributed by atoms with Gasteiger partial charge in [0.1, 0.15) is 12.4 Å². The number of amides is 1. The minimum Gasteiger partial charge on any atom is -0.492 e. The Bertz CT molecular complexity index is 831. The first kappa shape index (κ1) is 22.2. The van der Waals surface area contributed by atoms with Crippen molar-refractivity contribution in [3.8, 4) is 5.75 Å². The van der Waals surface area contributed by atoms with Crippen LogP contribution >= 0.6 is 0 Å². The number of nitrogens with zero attached hydrogens (tertiary/aromatic N) is 1. The molecule has 0 radical (unpaired) electrons. The van der Waals surface area contributed by atoms with E-state index >= 15 is 0 Å². The zero-order valence-electron chi connectivity index (χ0n) is 17.2. The van der Waals surface area contributed by atoms with Gasteiger partial charge in [0.25, 0.3) is 0 Å². The molecule has 0 unspecified atom stereocenters. The number of nitrogens with one attached hydrogen (secondary N) is 1. The Labute approximate surface area is 172 Å². The molecule has 0 fully saturated rings. The van der Waals surface area contributed by atoms with E-state index in [2.05, 4.69) is 5.32 Å². The Balaban J connectivity index is 1.73. The molecule has 0 aliphatic rings. The summed E-state index contributed by atoms with van der Waals surface area (Å²) in [5.41, 5.74) is 2.64. The highest BCUT2D eigenvalue weighted by molar-refractivity contribution is 5.92. The summed E-state index contributed by atoms with van der Waals surface area (Å²) in [6.07, 6.45) is 3.05. The third kappa shape index (κ3) is 8.19. The molecule has 0 bridgehead atoms. The first-order valence-corrected chi connectivity index (χ1v) is 9.59. The Morgan fingerprint density at radius 3 is 2.52 bits per heavy atom. The van der Waals surface area contributed by atoms with Crippen LogP contribution in [0.4, 0.5) is 5.69 Å². The summed E-state index contributed by atoms with van der Waals surface area (Å²) < 4.78 is 10.6. The molecule has 2 aromatic carbocycles. The molecule has 6 heteroatoms. The highest BCUT2D eigenvalue weighted by Crippen LogP contribution is 2.16. The van der Waals surface area contributed by atoms with Gasteiger partial charge in [-0.25, -0.2) is 4.79 Å². The minimum atomic E-state index is -0.376. The van der Waals surface area contributed by atoms with Gasteiger partial charge in [0.05, 0.1) is 13.2 Å². The molecule has 0 aliphatic carbocycles. The van der Waals surface area contributed by atoms with Gasteiger partial charge in [-0.1, -0.05) is 30.3 Å². The van der Waals surface area contributed by atoms with Gasteiger partial charge in [0.2, 0.25) is 5.91 Å². The maximum absolute atomic E-state index is 12.2. The Morgan fingerprint density at radius 2 is 1.83 bits per heavy atom. The van der Waals surface area contributed by atoms with Crippen molar-refractivity contribution < 1.29 is 19.1 Å². The van der Waals surface area contributed by atoms with Crippen molar-refractivity contribution in [2.75, 3.05) is 38.7 Å². The summed E-state index contributed by atoms with van der Waals surface area (Å²) in [6, 6.07) is 15.1. The Morgan fingerprint density at radius 1 is 1.10 bits per heavy atom. The molecule has 1 N–H and O–H groups in total. The Hall–Kier alpha value is -3.12. The van der Waals surface area contributed by atoms with Gasteiger partial charge < -0.3 is 14.8 Å². The molecule has 2 aromatic rings. The van der Waals surface area contributed by atoms with Crippen LogP contribution in [-0.2, 0) is 14.3 Å². The van der Waals surface area contributed by atoms with E-state index in [9.17, 15) is 9.59 Å². The van der Waals surface area contributed by atoms with E-state index < -0.39 is 0 Å². The summed E-state index contributed by atoms with van der Waals surface area (Å²) in [5.74, 6) is 0.389. The quantitative estimate of drug-likeness (QED) is 0.492. The van der Waals surface area contributed by atoms with Gasteiger partial charge >= 0.3 is 5.97 Å². The number of hydrogen-bond acceptors (Lipinski definition) is 5. The SMILES string of the molecule is CCOC(=O)/C=C/c1ccc(NC(=O)CN(C)CCOc2ccccc2C)cc1. The van der Waals surface area contributed by atoms with Crippen molar-refractivity contribution in [2.24, 2.45) is 0 Å². The van der Waals surface area contributed by atoms with Crippen LogP contribution in [0.2, 0.25) is 0 Å². The zero-order valence-corrected chi connectivity index (χ0v) is 17.2. The van der Waals surface area contributed by atoms with Gasteiger partial charge in [-0.05, 0) is 56.3 Å². The molecule has 0 atom stereocenters. The highest BCUT2D eigenvalue weighted by Gasteiger charge is 2.07. The fraction of sp³-hybridized carbons (Fsp3) is 0.304. The summed E-state index contributed by atoms with van der Waals surface area (Å²) in [4.78, 5) is 25.4.